The number of hydrogen-bond acceptors (Lipinski definition) is 12. The molecular formula is C47H72N2O10S. The molecule has 6 atom stereocenters. The van der Waals surface area contributed by atoms with E-state index < -0.39 is 21.3 Å². The maximum atomic E-state index is 11.6. The second kappa shape index (κ2) is 21.5. The number of rotatable bonds is 10. The second-order valence-electron chi connectivity index (χ2n) is 17.0. The van der Waals surface area contributed by atoms with Gasteiger partial charge in [-0.25, -0.2) is 0 Å². The average molecular weight is 857 g/mol. The van der Waals surface area contributed by atoms with Crippen LogP contribution < -0.4 is 18.9 Å². The molecular weight excluding hydrogens is 785 g/mol. The van der Waals surface area contributed by atoms with E-state index in [1.807, 2.05) is 18.2 Å². The number of benzene rings is 2. The smallest absolute Gasteiger partial charge is 0.265 e. The molecule has 0 spiro atoms. The number of nitrogens with zero attached hydrogens (tertiary/aromatic N) is 2. The van der Waals surface area contributed by atoms with E-state index in [4.69, 9.17) is 23.1 Å². The Balaban J connectivity index is 0.000000313. The van der Waals surface area contributed by atoms with Crippen LogP contribution in [0.15, 0.2) is 24.3 Å². The van der Waals surface area contributed by atoms with Crippen LogP contribution in [-0.4, -0.2) is 119 Å². The lowest BCUT2D eigenvalue weighted by atomic mass is 9.71. The maximum absolute atomic E-state index is 11.6. The van der Waals surface area contributed by atoms with E-state index >= 15 is 0 Å². The summed E-state index contributed by atoms with van der Waals surface area (Å²) in [7, 11) is 2.98. The Labute approximate surface area is 361 Å². The summed E-state index contributed by atoms with van der Waals surface area (Å²) in [6.45, 7) is 11.5. The molecule has 4 aliphatic rings. The normalized spacial score (nSPS) is 25.7. The van der Waals surface area contributed by atoms with Crippen LogP contribution in [0.2, 0.25) is 0 Å². The third-order valence-electron chi connectivity index (χ3n) is 12.0. The van der Waals surface area contributed by atoms with Crippen molar-refractivity contribution < 1.29 is 46.9 Å². The van der Waals surface area contributed by atoms with E-state index in [0.717, 1.165) is 69.4 Å². The van der Waals surface area contributed by atoms with Crippen molar-refractivity contribution in [2.75, 3.05) is 74.1 Å². The highest BCUT2D eigenvalue weighted by Gasteiger charge is 2.48. The van der Waals surface area contributed by atoms with Gasteiger partial charge in [0.15, 0.2) is 23.0 Å². The van der Waals surface area contributed by atoms with Crippen LogP contribution in [0.5, 0.6) is 23.0 Å². The first-order valence-electron chi connectivity index (χ1n) is 20.4. The molecule has 0 radical (unpaired) electrons. The molecule has 6 rings (SSSR count). The number of ether oxygens (including phenoxy) is 4. The summed E-state index contributed by atoms with van der Waals surface area (Å²) in [5.41, 5.74) is 2.43. The lowest BCUT2D eigenvalue weighted by Crippen LogP contribution is -2.54. The summed E-state index contributed by atoms with van der Waals surface area (Å²) < 4.78 is 49.1. The molecule has 3 N–H and O–H groups in total. The molecule has 0 aromatic heterocycles. The van der Waals surface area contributed by atoms with E-state index in [-0.39, 0.29) is 52.0 Å². The van der Waals surface area contributed by atoms with Gasteiger partial charge >= 0.3 is 0 Å². The van der Waals surface area contributed by atoms with Crippen LogP contribution in [0.1, 0.15) is 103 Å². The molecule has 0 saturated carbocycles. The molecule has 0 unspecified atom stereocenters. The largest absolute Gasteiger partial charge is 0.493 e. The number of piperidine rings is 2. The maximum Gasteiger partial charge on any atom is 0.265 e. The van der Waals surface area contributed by atoms with E-state index in [0.29, 0.717) is 41.9 Å². The Morgan fingerprint density at radius 2 is 1.08 bits per heavy atom. The van der Waals surface area contributed by atoms with Gasteiger partial charge in [0.1, 0.15) is 24.4 Å². The number of aliphatic hydroxyl groups excluding tert-OH is 1. The van der Waals surface area contributed by atoms with Gasteiger partial charge in [0.05, 0.1) is 34.7 Å². The van der Waals surface area contributed by atoms with Crippen molar-refractivity contribution in [1.82, 2.24) is 9.80 Å². The van der Waals surface area contributed by atoms with Crippen LogP contribution in [0, 0.1) is 47.4 Å². The van der Waals surface area contributed by atoms with Gasteiger partial charge in [-0.05, 0) is 84.0 Å². The fraction of sp³-hybridized carbons (Fsp3) is 0.660. The predicted octanol–water partition coefficient (Wildman–Crippen LogP) is 6.05. The SMILES string of the molecule is C.C.COc1cc2c(cc1OC)[C@H]1C[C@](O)(C#CCO)[C@H](CC(C)C)CN1CC2.COc1cc2c(cc1OC)[C@H]1C[C@](O)(C#CCOS(C)(=O)=O)[C@H](CC(C)C)CN1CC2. The summed E-state index contributed by atoms with van der Waals surface area (Å²) in [6.07, 6.45) is 5.59. The highest BCUT2D eigenvalue weighted by atomic mass is 32.2. The standard InChI is InChI=1S/C23H33NO6S.C22H31NO4.2CH4/c1-16(2)11-18-15-24-9-7-17-12-21(28-3)22(29-4)13-19(17)20(24)14-23(18,25)8-6-10-30-31(5,26)27;1-15(2)10-17-14-23-8-6-16-11-20(26-3)21(27-4)12-18(16)19(23)13-22(17,25)7-5-9-24;;/h12-13,16,18,20,25H,7,9-11,14-15H2,1-5H3;11-12,15,17,19,24-25H,6,8-10,13-14H2,1-4H3;2*1H4/t18-,20-,23-;17-,19-,22-;;/m11../s1. The Bertz CT molecular complexity index is 1980. The molecule has 4 heterocycles. The van der Waals surface area contributed by atoms with Gasteiger partial charge < -0.3 is 34.3 Å². The topological polar surface area (TPSA) is 147 Å². The molecule has 2 aromatic rings. The van der Waals surface area contributed by atoms with Crippen LogP contribution in [0.4, 0.5) is 0 Å². The minimum Gasteiger partial charge on any atom is -0.493 e. The molecule has 0 amide bonds. The number of aliphatic hydroxyl groups is 3. The third kappa shape index (κ3) is 11.9. The summed E-state index contributed by atoms with van der Waals surface area (Å²) in [5, 5.41) is 32.2. The quantitative estimate of drug-likeness (QED) is 0.189. The summed E-state index contributed by atoms with van der Waals surface area (Å²) in [6, 6.07) is 8.24. The molecule has 2 saturated heterocycles. The Morgan fingerprint density at radius 3 is 1.43 bits per heavy atom. The molecule has 2 fully saturated rings. The van der Waals surface area contributed by atoms with Crippen molar-refractivity contribution in [3.8, 4) is 46.7 Å². The summed E-state index contributed by atoms with van der Waals surface area (Å²) >= 11 is 0. The molecule has 0 aliphatic carbocycles. The van der Waals surface area contributed by atoms with Crippen molar-refractivity contribution in [3.05, 3.63) is 46.5 Å². The highest BCUT2D eigenvalue weighted by molar-refractivity contribution is 7.86. The van der Waals surface area contributed by atoms with Crippen molar-refractivity contribution in [3.63, 3.8) is 0 Å². The van der Waals surface area contributed by atoms with Gasteiger partial charge in [-0.15, -0.1) is 0 Å². The van der Waals surface area contributed by atoms with E-state index in [1.54, 1.807) is 28.4 Å². The van der Waals surface area contributed by atoms with Crippen molar-refractivity contribution in [2.24, 2.45) is 23.7 Å². The van der Waals surface area contributed by atoms with Gasteiger partial charge in [0.25, 0.3) is 10.1 Å². The zero-order chi connectivity index (χ0) is 42.4. The Morgan fingerprint density at radius 1 is 0.700 bits per heavy atom. The number of methoxy groups -OCH3 is 4. The third-order valence-corrected chi connectivity index (χ3v) is 12.6. The predicted molar refractivity (Wildman–Crippen MR) is 237 cm³/mol. The van der Waals surface area contributed by atoms with Crippen LogP contribution in [0.25, 0.3) is 0 Å². The monoisotopic (exact) mass is 856 g/mol. The van der Waals surface area contributed by atoms with Crippen molar-refractivity contribution >= 4 is 10.1 Å². The Kier molecular flexibility index (Phi) is 18.2. The first kappa shape index (κ1) is 50.8. The highest BCUT2D eigenvalue weighted by Crippen LogP contribution is 2.48. The van der Waals surface area contributed by atoms with E-state index in [9.17, 15) is 23.7 Å². The fourth-order valence-electron chi connectivity index (χ4n) is 9.37. The molecule has 0 bridgehead atoms. The molecule has 60 heavy (non-hydrogen) atoms. The molecule has 12 nitrogen and oxygen atoms in total. The fourth-order valence-corrected chi connectivity index (χ4v) is 9.64. The van der Waals surface area contributed by atoms with Gasteiger partial charge in [0, 0.05) is 62.9 Å². The number of hydrogen-bond donors (Lipinski definition) is 3. The average Bonchev–Trinajstić information content (AvgIpc) is 3.18. The van der Waals surface area contributed by atoms with Crippen molar-refractivity contribution in [1.29, 1.82) is 0 Å². The van der Waals surface area contributed by atoms with Crippen LogP contribution in [0.3, 0.4) is 0 Å². The van der Waals surface area contributed by atoms with Gasteiger partial charge in [-0.3, -0.25) is 14.0 Å². The first-order valence-corrected chi connectivity index (χ1v) is 22.2. The lowest BCUT2D eigenvalue weighted by Gasteiger charge is -2.50. The van der Waals surface area contributed by atoms with Gasteiger partial charge in [-0.2, -0.15) is 8.42 Å². The van der Waals surface area contributed by atoms with E-state index in [1.165, 1.54) is 16.7 Å². The van der Waals surface area contributed by atoms with E-state index in [2.05, 4.69) is 67.2 Å². The molecule has 4 aliphatic heterocycles. The molecule has 2 aromatic carbocycles. The molecule has 13 heteroatoms. The zero-order valence-electron chi connectivity index (χ0n) is 35.8. The van der Waals surface area contributed by atoms with Gasteiger partial charge in [-0.1, -0.05) is 66.2 Å². The summed E-state index contributed by atoms with van der Waals surface area (Å²) in [5.74, 6) is 15.2. The van der Waals surface area contributed by atoms with Crippen molar-refractivity contribution in [2.45, 2.75) is 104 Å². The van der Waals surface area contributed by atoms with Gasteiger partial charge in [0.2, 0.25) is 0 Å². The Hall–Kier alpha value is -3.53. The summed E-state index contributed by atoms with van der Waals surface area (Å²) in [4.78, 5) is 4.89. The van der Waals surface area contributed by atoms with Crippen LogP contribution >= 0.6 is 0 Å². The zero-order valence-corrected chi connectivity index (χ0v) is 36.6. The second-order valence-corrected chi connectivity index (χ2v) is 18.6. The minimum absolute atomic E-state index is 0. The first-order chi connectivity index (χ1) is 27.5. The molecule has 336 valence electrons. The number of fused-ring (bicyclic) bond motifs is 6. The lowest BCUT2D eigenvalue weighted by molar-refractivity contribution is -0.0650. The van der Waals surface area contributed by atoms with Crippen LogP contribution in [-0.2, 0) is 27.1 Å². The minimum atomic E-state index is -3.57.